The lowest BCUT2D eigenvalue weighted by Crippen LogP contribution is -2.35. The fourth-order valence-electron chi connectivity index (χ4n) is 2.92. The summed E-state index contributed by atoms with van der Waals surface area (Å²) in [4.78, 5) is 30.8. The number of fused-ring (bicyclic) bond motifs is 1. The van der Waals surface area contributed by atoms with Crippen LogP contribution in [0.4, 0.5) is 5.69 Å². The maximum atomic E-state index is 12.9. The molecule has 0 spiro atoms. The zero-order valence-electron chi connectivity index (χ0n) is 13.8. The van der Waals surface area contributed by atoms with Crippen molar-refractivity contribution >= 4 is 17.5 Å². The van der Waals surface area contributed by atoms with Crippen LogP contribution in [0.2, 0.25) is 0 Å². The fourth-order valence-corrected chi connectivity index (χ4v) is 2.92. The first-order chi connectivity index (χ1) is 11.7. The van der Waals surface area contributed by atoms with Gasteiger partial charge < -0.3 is 10.2 Å². The number of carbonyl (C=O) groups is 2. The quantitative estimate of drug-likeness (QED) is 0.941. The van der Waals surface area contributed by atoms with Crippen molar-refractivity contribution in [2.24, 2.45) is 0 Å². The highest BCUT2D eigenvalue weighted by atomic mass is 16.2. The first-order valence-corrected chi connectivity index (χ1v) is 8.33. The molecule has 1 aromatic carbocycles. The highest BCUT2D eigenvalue weighted by molar-refractivity contribution is 6.07. The lowest BCUT2D eigenvalue weighted by atomic mass is 10.0. The highest BCUT2D eigenvalue weighted by Gasteiger charge is 2.24. The second-order valence-electron chi connectivity index (χ2n) is 5.91. The Bertz CT molecular complexity index is 758. The highest BCUT2D eigenvalue weighted by Crippen LogP contribution is 2.28. The first kappa shape index (κ1) is 16.2. The van der Waals surface area contributed by atoms with Crippen molar-refractivity contribution in [3.63, 3.8) is 0 Å². The van der Waals surface area contributed by atoms with Gasteiger partial charge in [-0.3, -0.25) is 14.6 Å². The normalized spacial score (nSPS) is 13.3. The lowest BCUT2D eigenvalue weighted by Gasteiger charge is -2.29. The molecule has 1 aliphatic heterocycles. The standard InChI is InChI=1S/C19H21N3O2/c1-2-9-21-18(23)15-11-16(13-20-12-15)19(24)22-10-5-7-14-6-3-4-8-17(14)22/h3-4,6,8,11-13H,2,5,7,9-10H2,1H3,(H,21,23). The Morgan fingerprint density at radius 2 is 2.00 bits per heavy atom. The van der Waals surface area contributed by atoms with Crippen LogP contribution < -0.4 is 10.2 Å². The van der Waals surface area contributed by atoms with Crippen molar-refractivity contribution in [1.82, 2.24) is 10.3 Å². The van der Waals surface area contributed by atoms with E-state index in [0.717, 1.165) is 24.9 Å². The Morgan fingerprint density at radius 1 is 1.21 bits per heavy atom. The van der Waals surface area contributed by atoms with Gasteiger partial charge in [0.25, 0.3) is 11.8 Å². The zero-order chi connectivity index (χ0) is 16.9. The predicted octanol–water partition coefficient (Wildman–Crippen LogP) is 2.81. The molecule has 1 N–H and O–H groups in total. The van der Waals surface area contributed by atoms with E-state index in [9.17, 15) is 9.59 Å². The molecule has 1 aliphatic rings. The Labute approximate surface area is 141 Å². The van der Waals surface area contributed by atoms with Crippen molar-refractivity contribution in [2.45, 2.75) is 26.2 Å². The largest absolute Gasteiger partial charge is 0.352 e. The smallest absolute Gasteiger partial charge is 0.259 e. The van der Waals surface area contributed by atoms with Crippen molar-refractivity contribution < 1.29 is 9.59 Å². The monoisotopic (exact) mass is 323 g/mol. The number of hydrogen-bond acceptors (Lipinski definition) is 3. The summed E-state index contributed by atoms with van der Waals surface area (Å²) in [6, 6.07) is 9.58. The third kappa shape index (κ3) is 3.30. The number of anilines is 1. The third-order valence-electron chi connectivity index (χ3n) is 4.14. The summed E-state index contributed by atoms with van der Waals surface area (Å²) in [5.74, 6) is -0.308. The van der Waals surface area contributed by atoms with Crippen LogP contribution in [-0.4, -0.2) is 29.9 Å². The number of hydrogen-bond donors (Lipinski definition) is 1. The van der Waals surface area contributed by atoms with Gasteiger partial charge in [-0.05, 0) is 37.0 Å². The minimum atomic E-state index is -0.196. The average Bonchev–Trinajstić information content (AvgIpc) is 2.65. The van der Waals surface area contributed by atoms with E-state index < -0.39 is 0 Å². The van der Waals surface area contributed by atoms with Crippen LogP contribution in [-0.2, 0) is 6.42 Å². The Kier molecular flexibility index (Phi) is 4.89. The molecular weight excluding hydrogens is 302 g/mol. The molecule has 0 bridgehead atoms. The molecule has 3 rings (SSSR count). The zero-order valence-corrected chi connectivity index (χ0v) is 13.8. The van der Waals surface area contributed by atoms with Crippen molar-refractivity contribution in [2.75, 3.05) is 18.0 Å². The summed E-state index contributed by atoms with van der Waals surface area (Å²) >= 11 is 0. The number of rotatable bonds is 4. The molecule has 0 fully saturated rings. The average molecular weight is 323 g/mol. The van der Waals surface area contributed by atoms with E-state index in [1.165, 1.54) is 18.0 Å². The summed E-state index contributed by atoms with van der Waals surface area (Å²) in [5.41, 5.74) is 2.99. The fraction of sp³-hybridized carbons (Fsp3) is 0.316. The lowest BCUT2D eigenvalue weighted by molar-refractivity contribution is 0.0953. The van der Waals surface area contributed by atoms with Crippen molar-refractivity contribution in [3.8, 4) is 0 Å². The predicted molar refractivity (Wildman–Crippen MR) is 93.3 cm³/mol. The summed E-state index contributed by atoms with van der Waals surface area (Å²) in [6.07, 6.45) is 5.80. The minimum absolute atomic E-state index is 0.111. The summed E-state index contributed by atoms with van der Waals surface area (Å²) < 4.78 is 0. The van der Waals surface area contributed by atoms with E-state index in [4.69, 9.17) is 0 Å². The van der Waals surface area contributed by atoms with Gasteiger partial charge in [0.2, 0.25) is 0 Å². The van der Waals surface area contributed by atoms with E-state index >= 15 is 0 Å². The molecule has 5 nitrogen and oxygen atoms in total. The van der Waals surface area contributed by atoms with Crippen molar-refractivity contribution in [1.29, 1.82) is 0 Å². The number of nitrogens with zero attached hydrogens (tertiary/aromatic N) is 2. The van der Waals surface area contributed by atoms with E-state index in [1.807, 2.05) is 25.1 Å². The summed E-state index contributed by atoms with van der Waals surface area (Å²) in [6.45, 7) is 3.28. The molecule has 0 saturated heterocycles. The number of amides is 2. The number of benzene rings is 1. The second kappa shape index (κ2) is 7.25. The number of carbonyl (C=O) groups excluding carboxylic acids is 2. The van der Waals surface area contributed by atoms with E-state index in [1.54, 1.807) is 11.0 Å². The van der Waals surface area contributed by atoms with E-state index in [-0.39, 0.29) is 11.8 Å². The van der Waals surface area contributed by atoms with Crippen LogP contribution in [0.5, 0.6) is 0 Å². The van der Waals surface area contributed by atoms with Gasteiger partial charge in [0.15, 0.2) is 0 Å². The molecular formula is C19H21N3O2. The third-order valence-corrected chi connectivity index (χ3v) is 4.14. The molecule has 5 heteroatoms. The molecule has 0 radical (unpaired) electrons. The van der Waals surface area contributed by atoms with Crippen LogP contribution >= 0.6 is 0 Å². The molecule has 124 valence electrons. The van der Waals surface area contributed by atoms with Crippen LogP contribution in [0, 0.1) is 0 Å². The number of aryl methyl sites for hydroxylation is 1. The van der Waals surface area contributed by atoms with Gasteiger partial charge in [-0.25, -0.2) is 0 Å². The molecule has 1 aromatic heterocycles. The molecule has 0 aliphatic carbocycles. The van der Waals surface area contributed by atoms with Gasteiger partial charge in [-0.1, -0.05) is 25.1 Å². The molecule has 24 heavy (non-hydrogen) atoms. The molecule has 2 amide bonds. The molecule has 0 unspecified atom stereocenters. The van der Waals surface area contributed by atoms with Gasteiger partial charge in [-0.15, -0.1) is 0 Å². The number of pyridine rings is 1. The van der Waals surface area contributed by atoms with Crippen LogP contribution in [0.1, 0.15) is 46.0 Å². The minimum Gasteiger partial charge on any atom is -0.352 e. The summed E-state index contributed by atoms with van der Waals surface area (Å²) in [7, 11) is 0. The maximum absolute atomic E-state index is 12.9. The van der Waals surface area contributed by atoms with Crippen LogP contribution in [0.3, 0.4) is 0 Å². The van der Waals surface area contributed by atoms with Gasteiger partial charge >= 0.3 is 0 Å². The van der Waals surface area contributed by atoms with Gasteiger partial charge in [0.1, 0.15) is 0 Å². The van der Waals surface area contributed by atoms with Gasteiger partial charge in [0, 0.05) is 31.2 Å². The molecule has 0 saturated carbocycles. The van der Waals surface area contributed by atoms with Crippen molar-refractivity contribution in [3.05, 3.63) is 59.4 Å². The number of nitrogens with one attached hydrogen (secondary N) is 1. The number of para-hydroxylation sites is 1. The van der Waals surface area contributed by atoms with Gasteiger partial charge in [-0.2, -0.15) is 0 Å². The molecule has 2 heterocycles. The van der Waals surface area contributed by atoms with E-state index in [2.05, 4.69) is 16.4 Å². The number of aromatic nitrogens is 1. The van der Waals surface area contributed by atoms with E-state index in [0.29, 0.717) is 24.2 Å². The van der Waals surface area contributed by atoms with Crippen LogP contribution in [0.25, 0.3) is 0 Å². The first-order valence-electron chi connectivity index (χ1n) is 8.33. The Morgan fingerprint density at radius 3 is 2.83 bits per heavy atom. The SMILES string of the molecule is CCCNC(=O)c1cncc(C(=O)N2CCCc3ccccc32)c1. The Hall–Kier alpha value is -2.69. The molecule has 2 aromatic rings. The van der Waals surface area contributed by atoms with Gasteiger partial charge in [0.05, 0.1) is 11.1 Å². The maximum Gasteiger partial charge on any atom is 0.259 e. The second-order valence-corrected chi connectivity index (χ2v) is 5.91. The Balaban J connectivity index is 1.85. The summed E-state index contributed by atoms with van der Waals surface area (Å²) in [5, 5.41) is 2.81. The van der Waals surface area contributed by atoms with Crippen LogP contribution in [0.15, 0.2) is 42.7 Å². The topological polar surface area (TPSA) is 62.3 Å². The molecule has 0 atom stereocenters.